The Bertz CT molecular complexity index is 1130. The second-order valence-corrected chi connectivity index (χ2v) is 8.19. The van der Waals surface area contributed by atoms with Gasteiger partial charge in [0.1, 0.15) is 29.5 Å². The van der Waals surface area contributed by atoms with Crippen LogP contribution in [0, 0.1) is 0 Å². The number of hydrogen-bond acceptors (Lipinski definition) is 6. The number of benzene rings is 1. The Morgan fingerprint density at radius 3 is 2.74 bits per heavy atom. The number of ether oxygens (including phenoxy) is 2. The number of halogens is 3. The zero-order valence-electron chi connectivity index (χ0n) is 18.4. The number of aliphatic carboxylic acids is 1. The topological polar surface area (TPSA) is 90.0 Å². The summed E-state index contributed by atoms with van der Waals surface area (Å²) in [6.07, 6.45) is -0.388. The molecule has 0 aliphatic carbocycles. The van der Waals surface area contributed by atoms with Crippen LogP contribution in [0.5, 0.6) is 5.75 Å². The van der Waals surface area contributed by atoms with Crippen molar-refractivity contribution in [1.29, 1.82) is 0 Å². The zero-order chi connectivity index (χ0) is 24.3. The molecular formula is C23H24F3N3O5. The van der Waals surface area contributed by atoms with E-state index in [4.69, 9.17) is 23.8 Å². The third kappa shape index (κ3) is 5.26. The van der Waals surface area contributed by atoms with Gasteiger partial charge in [0.25, 0.3) is 0 Å². The molecular weight excluding hydrogens is 455 g/mol. The quantitative estimate of drug-likeness (QED) is 0.606. The van der Waals surface area contributed by atoms with Crippen molar-refractivity contribution < 1.29 is 37.0 Å². The lowest BCUT2D eigenvalue weighted by Gasteiger charge is -2.35. The number of carboxylic acids is 1. The van der Waals surface area contributed by atoms with Gasteiger partial charge < -0.3 is 23.6 Å². The Balaban J connectivity index is 0.000000344. The molecule has 4 heterocycles. The minimum atomic E-state index is -5.08. The largest absolute Gasteiger partial charge is 0.497 e. The van der Waals surface area contributed by atoms with E-state index < -0.39 is 12.1 Å². The summed E-state index contributed by atoms with van der Waals surface area (Å²) in [5.74, 6) is 0.0917. The summed E-state index contributed by atoms with van der Waals surface area (Å²) < 4.78 is 51.3. The first-order valence-electron chi connectivity index (χ1n) is 10.6. The molecule has 1 unspecified atom stereocenters. The summed E-state index contributed by atoms with van der Waals surface area (Å²) in [4.78, 5) is 15.9. The standard InChI is InChI=1S/C21H23N3O3.C2HF3O2/c1-25-17-5-2-4-16(10-17)19-11-22-20-13-27-21(15-24(19)20)7-8-23(14-21)12-18-6-3-9-26-18;3-2(4,5)1(6)7/h2-6,9-11H,7-8,12-15H2,1H3;(H,6,7). The molecule has 1 aromatic carbocycles. The van der Waals surface area contributed by atoms with Crippen LogP contribution in [-0.2, 0) is 29.2 Å². The number of fused-ring (bicyclic) bond motifs is 1. The van der Waals surface area contributed by atoms with Gasteiger partial charge in [0.05, 0.1) is 38.4 Å². The Labute approximate surface area is 193 Å². The molecule has 0 saturated carbocycles. The smallest absolute Gasteiger partial charge is 0.490 e. The summed E-state index contributed by atoms with van der Waals surface area (Å²) in [6.45, 7) is 4.13. The summed E-state index contributed by atoms with van der Waals surface area (Å²) in [7, 11) is 1.69. The van der Waals surface area contributed by atoms with E-state index >= 15 is 0 Å². The molecule has 1 saturated heterocycles. The van der Waals surface area contributed by atoms with Crippen molar-refractivity contribution in [2.24, 2.45) is 0 Å². The maximum Gasteiger partial charge on any atom is 0.490 e. The highest BCUT2D eigenvalue weighted by atomic mass is 19.4. The van der Waals surface area contributed by atoms with E-state index in [1.165, 1.54) is 0 Å². The fourth-order valence-electron chi connectivity index (χ4n) is 4.20. The molecule has 2 aliphatic heterocycles. The summed E-state index contributed by atoms with van der Waals surface area (Å²) in [5, 5.41) is 7.12. The molecule has 8 nitrogen and oxygen atoms in total. The van der Waals surface area contributed by atoms with Crippen LogP contribution in [0.25, 0.3) is 11.3 Å². The molecule has 2 aromatic heterocycles. The van der Waals surface area contributed by atoms with Crippen LogP contribution in [0.4, 0.5) is 13.2 Å². The lowest BCUT2D eigenvalue weighted by atomic mass is 10.0. The second kappa shape index (κ2) is 9.51. The van der Waals surface area contributed by atoms with E-state index in [1.807, 2.05) is 30.5 Å². The average Bonchev–Trinajstić information content (AvgIpc) is 3.55. The van der Waals surface area contributed by atoms with Crippen molar-refractivity contribution >= 4 is 5.97 Å². The number of carbonyl (C=O) groups is 1. The first kappa shape index (κ1) is 23.8. The highest BCUT2D eigenvalue weighted by molar-refractivity contribution is 5.73. The number of likely N-dealkylation sites (tertiary alicyclic amines) is 1. The van der Waals surface area contributed by atoms with E-state index in [-0.39, 0.29) is 5.60 Å². The third-order valence-electron chi connectivity index (χ3n) is 5.85. The molecule has 1 fully saturated rings. The molecule has 3 aromatic rings. The van der Waals surface area contributed by atoms with Gasteiger partial charge in [-0.3, -0.25) is 4.90 Å². The number of rotatable bonds is 4. The average molecular weight is 479 g/mol. The molecule has 11 heteroatoms. The highest BCUT2D eigenvalue weighted by Crippen LogP contribution is 2.36. The second-order valence-electron chi connectivity index (χ2n) is 8.19. The predicted octanol–water partition coefficient (Wildman–Crippen LogP) is 3.96. The molecule has 0 bridgehead atoms. The molecule has 1 N–H and O–H groups in total. The van der Waals surface area contributed by atoms with Crippen LogP contribution >= 0.6 is 0 Å². The number of methoxy groups -OCH3 is 1. The number of hydrogen-bond donors (Lipinski definition) is 1. The Kier molecular flexibility index (Phi) is 6.67. The van der Waals surface area contributed by atoms with Gasteiger partial charge in [0, 0.05) is 18.7 Å². The number of imidazole rings is 1. The van der Waals surface area contributed by atoms with Crippen molar-refractivity contribution in [3.63, 3.8) is 0 Å². The number of furan rings is 1. The van der Waals surface area contributed by atoms with Crippen LogP contribution in [0.3, 0.4) is 0 Å². The first-order valence-corrected chi connectivity index (χ1v) is 10.6. The fraction of sp³-hybridized carbons (Fsp3) is 0.391. The van der Waals surface area contributed by atoms with E-state index in [2.05, 4.69) is 26.6 Å². The molecule has 34 heavy (non-hydrogen) atoms. The number of carboxylic acid groups (broad SMARTS) is 1. The van der Waals surface area contributed by atoms with Gasteiger partial charge in [-0.1, -0.05) is 12.1 Å². The maximum atomic E-state index is 10.6. The van der Waals surface area contributed by atoms with Crippen LogP contribution in [0.1, 0.15) is 18.0 Å². The lowest BCUT2D eigenvalue weighted by Crippen LogP contribution is -2.44. The number of alkyl halides is 3. The van der Waals surface area contributed by atoms with Gasteiger partial charge in [-0.2, -0.15) is 13.2 Å². The Morgan fingerprint density at radius 1 is 1.26 bits per heavy atom. The van der Waals surface area contributed by atoms with Gasteiger partial charge in [-0.15, -0.1) is 0 Å². The van der Waals surface area contributed by atoms with Gasteiger partial charge in [0.15, 0.2) is 0 Å². The van der Waals surface area contributed by atoms with Crippen LogP contribution in [0.2, 0.25) is 0 Å². The molecule has 2 aliphatic rings. The zero-order valence-corrected chi connectivity index (χ0v) is 18.4. The van der Waals surface area contributed by atoms with Gasteiger partial charge >= 0.3 is 12.1 Å². The van der Waals surface area contributed by atoms with Gasteiger partial charge in [0.2, 0.25) is 0 Å². The summed E-state index contributed by atoms with van der Waals surface area (Å²) in [6, 6.07) is 12.1. The Hall–Kier alpha value is -3.31. The lowest BCUT2D eigenvalue weighted by molar-refractivity contribution is -0.192. The molecule has 0 amide bonds. The van der Waals surface area contributed by atoms with E-state index in [0.29, 0.717) is 6.61 Å². The summed E-state index contributed by atoms with van der Waals surface area (Å²) >= 11 is 0. The SMILES string of the molecule is COc1cccc(-c2cnc3n2CC2(CCN(Cc4ccco4)C2)OC3)c1.O=C(O)C(F)(F)F. The van der Waals surface area contributed by atoms with Gasteiger partial charge in [-0.25, -0.2) is 9.78 Å². The van der Waals surface area contributed by atoms with E-state index in [9.17, 15) is 13.2 Å². The predicted molar refractivity (Wildman–Crippen MR) is 114 cm³/mol. The van der Waals surface area contributed by atoms with Crippen molar-refractivity contribution in [2.75, 3.05) is 20.2 Å². The third-order valence-corrected chi connectivity index (χ3v) is 5.85. The van der Waals surface area contributed by atoms with E-state index in [1.54, 1.807) is 13.4 Å². The number of aromatic nitrogens is 2. The fourth-order valence-corrected chi connectivity index (χ4v) is 4.20. The van der Waals surface area contributed by atoms with Crippen molar-refractivity contribution in [3.05, 3.63) is 60.4 Å². The van der Waals surface area contributed by atoms with Crippen LogP contribution in [0.15, 0.2) is 53.3 Å². The minimum Gasteiger partial charge on any atom is -0.497 e. The maximum absolute atomic E-state index is 10.6. The van der Waals surface area contributed by atoms with Crippen LogP contribution in [-0.4, -0.2) is 57.5 Å². The van der Waals surface area contributed by atoms with Gasteiger partial charge in [-0.05, 0) is 30.7 Å². The van der Waals surface area contributed by atoms with Crippen molar-refractivity contribution in [3.8, 4) is 17.0 Å². The van der Waals surface area contributed by atoms with Crippen molar-refractivity contribution in [2.45, 2.75) is 37.9 Å². The van der Waals surface area contributed by atoms with Crippen molar-refractivity contribution in [1.82, 2.24) is 14.5 Å². The van der Waals surface area contributed by atoms with Crippen LogP contribution < -0.4 is 4.74 Å². The highest BCUT2D eigenvalue weighted by Gasteiger charge is 2.43. The number of nitrogens with zero attached hydrogens (tertiary/aromatic N) is 3. The monoisotopic (exact) mass is 479 g/mol. The molecule has 1 atom stereocenters. The van der Waals surface area contributed by atoms with E-state index in [0.717, 1.165) is 61.2 Å². The summed E-state index contributed by atoms with van der Waals surface area (Å²) in [5.41, 5.74) is 2.08. The molecule has 5 rings (SSSR count). The molecule has 1 spiro atoms. The minimum absolute atomic E-state index is 0.159. The Morgan fingerprint density at radius 2 is 2.06 bits per heavy atom. The normalized spacial score (nSPS) is 20.0. The molecule has 0 radical (unpaired) electrons. The molecule has 182 valence electrons. The first-order chi connectivity index (χ1) is 16.2.